The lowest BCUT2D eigenvalue weighted by molar-refractivity contribution is 1.61. The van der Waals surface area contributed by atoms with Gasteiger partial charge in [-0.3, -0.25) is 0 Å². The van der Waals surface area contributed by atoms with E-state index in [1.807, 2.05) is 24.3 Å². The predicted octanol–water partition coefficient (Wildman–Crippen LogP) is 3.74. The fourth-order valence-electron chi connectivity index (χ4n) is 0.637. The smallest absolute Gasteiger partial charge is 0.0134 e. The Kier molecular flexibility index (Phi) is 5.96. The van der Waals surface area contributed by atoms with Crippen molar-refractivity contribution in [2.24, 2.45) is 0 Å². The average molecular weight is 170 g/mol. The summed E-state index contributed by atoms with van der Waals surface area (Å²) in [6, 6.07) is 0. The standard InChI is InChI=1S/C13H14/c1-5-7-8-9-11-13(4)12(3)10-6-2/h5,7-11H,1-4H2. The molecule has 0 unspecified atom stereocenters. The maximum absolute atomic E-state index is 3.83. The molecule has 0 heteroatoms. The third-order valence-corrected chi connectivity index (χ3v) is 1.34. The Morgan fingerprint density at radius 2 is 1.69 bits per heavy atom. The summed E-state index contributed by atoms with van der Waals surface area (Å²) < 4.78 is 0. The Hall–Kier alpha value is -1.78. The molecule has 0 aliphatic heterocycles. The summed E-state index contributed by atoms with van der Waals surface area (Å²) in [5.41, 5.74) is 4.32. The summed E-state index contributed by atoms with van der Waals surface area (Å²) in [5.74, 6) is 0. The van der Waals surface area contributed by atoms with Crippen LogP contribution in [0.25, 0.3) is 0 Å². The molecule has 0 nitrogen and oxygen atoms in total. The summed E-state index contributed by atoms with van der Waals surface area (Å²) in [4.78, 5) is 0. The van der Waals surface area contributed by atoms with Crippen molar-refractivity contribution in [1.82, 2.24) is 0 Å². The first-order valence-electron chi connectivity index (χ1n) is 3.92. The first kappa shape index (κ1) is 11.2. The minimum Gasteiger partial charge on any atom is -0.128 e. The van der Waals surface area contributed by atoms with Gasteiger partial charge in [0.25, 0.3) is 0 Å². The van der Waals surface area contributed by atoms with Gasteiger partial charge in [0.05, 0.1) is 0 Å². The van der Waals surface area contributed by atoms with Crippen molar-refractivity contribution in [3.8, 4) is 0 Å². The maximum atomic E-state index is 3.83. The SMILES string of the molecule is C=C=CC(=C)C(=C)C=CC=CC=C. The van der Waals surface area contributed by atoms with E-state index in [0.717, 1.165) is 11.1 Å². The fraction of sp³-hybridized carbons (Fsp3) is 0. The van der Waals surface area contributed by atoms with E-state index in [2.05, 4.69) is 32.0 Å². The fourth-order valence-corrected chi connectivity index (χ4v) is 0.637. The van der Waals surface area contributed by atoms with E-state index in [9.17, 15) is 0 Å². The van der Waals surface area contributed by atoms with Crippen molar-refractivity contribution in [3.05, 3.63) is 79.6 Å². The van der Waals surface area contributed by atoms with E-state index >= 15 is 0 Å². The third kappa shape index (κ3) is 5.49. The second-order valence-corrected chi connectivity index (χ2v) is 2.38. The first-order valence-corrected chi connectivity index (χ1v) is 3.92. The average Bonchev–Trinajstić information content (AvgIpc) is 2.12. The predicted molar refractivity (Wildman–Crippen MR) is 60.5 cm³/mol. The van der Waals surface area contributed by atoms with Crippen LogP contribution in [-0.4, -0.2) is 0 Å². The van der Waals surface area contributed by atoms with Crippen molar-refractivity contribution >= 4 is 0 Å². The molecule has 13 heavy (non-hydrogen) atoms. The summed E-state index contributed by atoms with van der Waals surface area (Å²) in [6.07, 6.45) is 10.9. The van der Waals surface area contributed by atoms with Crippen molar-refractivity contribution in [1.29, 1.82) is 0 Å². The van der Waals surface area contributed by atoms with Crippen LogP contribution in [0.15, 0.2) is 79.6 Å². The molecular weight excluding hydrogens is 156 g/mol. The van der Waals surface area contributed by atoms with Gasteiger partial charge in [0, 0.05) is 0 Å². The molecule has 0 aromatic carbocycles. The lowest BCUT2D eigenvalue weighted by Crippen LogP contribution is -1.75. The molecule has 0 aromatic heterocycles. The highest BCUT2D eigenvalue weighted by atomic mass is 13.9. The Morgan fingerprint density at radius 1 is 1.00 bits per heavy atom. The number of hydrogen-bond donors (Lipinski definition) is 0. The van der Waals surface area contributed by atoms with Crippen molar-refractivity contribution < 1.29 is 0 Å². The third-order valence-electron chi connectivity index (χ3n) is 1.34. The van der Waals surface area contributed by atoms with Gasteiger partial charge in [0.1, 0.15) is 0 Å². The Bertz CT molecular complexity index is 305. The highest BCUT2D eigenvalue weighted by Gasteiger charge is 1.88. The second-order valence-electron chi connectivity index (χ2n) is 2.38. The molecule has 0 aromatic rings. The highest BCUT2D eigenvalue weighted by molar-refractivity contribution is 5.42. The van der Waals surface area contributed by atoms with Gasteiger partial charge in [-0.1, -0.05) is 56.7 Å². The molecule has 0 N–H and O–H groups in total. The minimum atomic E-state index is 0.818. The van der Waals surface area contributed by atoms with Gasteiger partial charge in [-0.25, -0.2) is 0 Å². The molecule has 0 saturated heterocycles. The van der Waals surface area contributed by atoms with Crippen molar-refractivity contribution in [2.45, 2.75) is 0 Å². The zero-order valence-corrected chi connectivity index (χ0v) is 7.79. The van der Waals surface area contributed by atoms with Gasteiger partial charge >= 0.3 is 0 Å². The maximum Gasteiger partial charge on any atom is -0.0134 e. The topological polar surface area (TPSA) is 0 Å². The largest absolute Gasteiger partial charge is 0.128 e. The van der Waals surface area contributed by atoms with Crippen LogP contribution < -0.4 is 0 Å². The second kappa shape index (κ2) is 6.90. The van der Waals surface area contributed by atoms with E-state index in [1.165, 1.54) is 0 Å². The van der Waals surface area contributed by atoms with Gasteiger partial charge in [-0.2, -0.15) is 0 Å². The van der Waals surface area contributed by atoms with Crippen LogP contribution >= 0.6 is 0 Å². The summed E-state index contributed by atoms with van der Waals surface area (Å²) in [5, 5.41) is 0. The van der Waals surface area contributed by atoms with Crippen LogP contribution in [0.4, 0.5) is 0 Å². The van der Waals surface area contributed by atoms with E-state index in [4.69, 9.17) is 0 Å². The lowest BCUT2D eigenvalue weighted by Gasteiger charge is -1.94. The Morgan fingerprint density at radius 3 is 2.23 bits per heavy atom. The quantitative estimate of drug-likeness (QED) is 0.435. The van der Waals surface area contributed by atoms with E-state index in [-0.39, 0.29) is 0 Å². The monoisotopic (exact) mass is 170 g/mol. The molecule has 0 atom stereocenters. The molecule has 0 rings (SSSR count). The number of rotatable bonds is 5. The number of hydrogen-bond acceptors (Lipinski definition) is 0. The lowest BCUT2D eigenvalue weighted by atomic mass is 10.1. The van der Waals surface area contributed by atoms with E-state index in [1.54, 1.807) is 12.2 Å². The molecule has 0 aliphatic carbocycles. The van der Waals surface area contributed by atoms with Crippen LogP contribution in [-0.2, 0) is 0 Å². The van der Waals surface area contributed by atoms with Crippen LogP contribution in [0.3, 0.4) is 0 Å². The molecule has 0 fully saturated rings. The van der Waals surface area contributed by atoms with Gasteiger partial charge in [0.15, 0.2) is 0 Å². The molecule has 0 aliphatic rings. The van der Waals surface area contributed by atoms with Gasteiger partial charge in [-0.15, -0.1) is 5.73 Å². The molecule has 0 bridgehead atoms. The highest BCUT2D eigenvalue weighted by Crippen LogP contribution is 2.07. The van der Waals surface area contributed by atoms with Crippen molar-refractivity contribution in [3.63, 3.8) is 0 Å². The number of allylic oxidation sites excluding steroid dienone is 8. The van der Waals surface area contributed by atoms with Crippen LogP contribution in [0, 0.1) is 0 Å². The molecule has 0 amide bonds. The molecule has 0 radical (unpaired) electrons. The molecule has 66 valence electrons. The normalized spacial score (nSPS) is 9.85. The Balaban J connectivity index is 4.22. The van der Waals surface area contributed by atoms with Crippen LogP contribution in [0.5, 0.6) is 0 Å². The Labute approximate surface area is 80.3 Å². The zero-order chi connectivity index (χ0) is 10.1. The summed E-state index contributed by atoms with van der Waals surface area (Å²) >= 11 is 0. The zero-order valence-electron chi connectivity index (χ0n) is 7.79. The van der Waals surface area contributed by atoms with Crippen LogP contribution in [0.2, 0.25) is 0 Å². The van der Waals surface area contributed by atoms with E-state index < -0.39 is 0 Å². The van der Waals surface area contributed by atoms with Crippen molar-refractivity contribution in [2.75, 3.05) is 0 Å². The minimum absolute atomic E-state index is 0.818. The van der Waals surface area contributed by atoms with E-state index in [0.29, 0.717) is 0 Å². The molecular formula is C13H14. The summed E-state index contributed by atoms with van der Waals surface area (Å²) in [6.45, 7) is 14.6. The first-order chi connectivity index (χ1) is 6.22. The van der Waals surface area contributed by atoms with Gasteiger partial charge in [-0.05, 0) is 17.2 Å². The van der Waals surface area contributed by atoms with Gasteiger partial charge in [0.2, 0.25) is 0 Å². The summed E-state index contributed by atoms with van der Waals surface area (Å²) in [7, 11) is 0. The molecule has 0 spiro atoms. The molecule has 0 saturated carbocycles. The van der Waals surface area contributed by atoms with Gasteiger partial charge < -0.3 is 0 Å². The van der Waals surface area contributed by atoms with Crippen LogP contribution in [0.1, 0.15) is 0 Å². The molecule has 0 heterocycles.